The third kappa shape index (κ3) is 2.67. The maximum atomic E-state index is 13.8. The highest BCUT2D eigenvalue weighted by atomic mass is 79.9. The van der Waals surface area contributed by atoms with Crippen LogP contribution in [0.1, 0.15) is 15.9 Å². The van der Waals surface area contributed by atoms with Gasteiger partial charge in [-0.1, -0.05) is 11.6 Å². The number of benzene rings is 2. The van der Waals surface area contributed by atoms with Crippen molar-refractivity contribution < 1.29 is 18.0 Å². The summed E-state index contributed by atoms with van der Waals surface area (Å²) in [6.45, 7) is 0. The summed E-state index contributed by atoms with van der Waals surface area (Å²) in [5.74, 6) is -3.62. The summed E-state index contributed by atoms with van der Waals surface area (Å²) in [4.78, 5) is 12.1. The molecule has 0 bridgehead atoms. The van der Waals surface area contributed by atoms with Crippen LogP contribution in [0.3, 0.4) is 0 Å². The van der Waals surface area contributed by atoms with Crippen molar-refractivity contribution in [3.05, 3.63) is 68.4 Å². The van der Waals surface area contributed by atoms with Gasteiger partial charge in [0.15, 0.2) is 11.6 Å². The van der Waals surface area contributed by atoms with Gasteiger partial charge in [0.25, 0.3) is 0 Å². The summed E-state index contributed by atoms with van der Waals surface area (Å²) in [5.41, 5.74) is -0.901. The molecular weight excluding hydrogens is 344 g/mol. The molecule has 1 nitrogen and oxygen atoms in total. The van der Waals surface area contributed by atoms with Crippen LogP contribution < -0.4 is 0 Å². The van der Waals surface area contributed by atoms with Crippen LogP contribution in [0.15, 0.2) is 34.8 Å². The summed E-state index contributed by atoms with van der Waals surface area (Å²) in [7, 11) is 0. The third-order valence-electron chi connectivity index (χ3n) is 2.45. The molecule has 0 N–H and O–H groups in total. The highest BCUT2D eigenvalue weighted by Crippen LogP contribution is 2.27. The van der Waals surface area contributed by atoms with Crippen LogP contribution in [-0.2, 0) is 0 Å². The Bertz CT molecular complexity index is 673. The van der Waals surface area contributed by atoms with Crippen molar-refractivity contribution in [2.75, 3.05) is 0 Å². The van der Waals surface area contributed by atoms with Crippen LogP contribution >= 0.6 is 27.5 Å². The van der Waals surface area contributed by atoms with E-state index >= 15 is 0 Å². The molecule has 0 amide bonds. The molecule has 2 aromatic rings. The highest BCUT2D eigenvalue weighted by Gasteiger charge is 2.23. The fourth-order valence-corrected chi connectivity index (χ4v) is 2.13. The molecule has 0 aromatic heterocycles. The second-order valence-corrected chi connectivity index (χ2v) is 4.93. The molecule has 2 rings (SSSR count). The zero-order chi connectivity index (χ0) is 14.2. The summed E-state index contributed by atoms with van der Waals surface area (Å²) in [6.07, 6.45) is 0. The maximum Gasteiger partial charge on any atom is 0.200 e. The lowest BCUT2D eigenvalue weighted by atomic mass is 10.0. The quantitative estimate of drug-likeness (QED) is 0.565. The number of ketones is 1. The molecule has 0 heterocycles. The number of rotatable bonds is 2. The maximum absolute atomic E-state index is 13.8. The smallest absolute Gasteiger partial charge is 0.200 e. The van der Waals surface area contributed by atoms with Gasteiger partial charge in [0.1, 0.15) is 11.6 Å². The van der Waals surface area contributed by atoms with Gasteiger partial charge in [-0.2, -0.15) is 0 Å². The van der Waals surface area contributed by atoms with Gasteiger partial charge < -0.3 is 0 Å². The Kier molecular flexibility index (Phi) is 3.96. The first-order chi connectivity index (χ1) is 8.91. The molecule has 2 aromatic carbocycles. The fourth-order valence-electron chi connectivity index (χ4n) is 1.54. The standard InChI is InChI=1S/C13H5BrClF3O/c14-8-3-4-10(17)11(12(8)18)13(19)7-2-1-6(16)5-9(7)15/h1-5H. The lowest BCUT2D eigenvalue weighted by molar-refractivity contribution is 0.103. The molecular formula is C13H5BrClF3O. The van der Waals surface area contributed by atoms with E-state index in [1.54, 1.807) is 0 Å². The predicted octanol–water partition coefficient (Wildman–Crippen LogP) is 4.75. The minimum absolute atomic E-state index is 0.0458. The van der Waals surface area contributed by atoms with E-state index in [1.165, 1.54) is 0 Å². The Morgan fingerprint density at radius 3 is 2.42 bits per heavy atom. The topological polar surface area (TPSA) is 17.1 Å². The third-order valence-corrected chi connectivity index (χ3v) is 3.37. The Morgan fingerprint density at radius 1 is 1.11 bits per heavy atom. The van der Waals surface area contributed by atoms with Gasteiger partial charge in [0.2, 0.25) is 0 Å². The molecule has 0 aliphatic heterocycles. The zero-order valence-corrected chi connectivity index (χ0v) is 11.5. The first-order valence-electron chi connectivity index (χ1n) is 5.05. The molecule has 0 aliphatic rings. The highest BCUT2D eigenvalue weighted by molar-refractivity contribution is 9.10. The van der Waals surface area contributed by atoms with Crippen molar-refractivity contribution in [2.45, 2.75) is 0 Å². The van der Waals surface area contributed by atoms with Crippen LogP contribution in [-0.4, -0.2) is 5.78 Å². The Balaban J connectivity index is 2.59. The van der Waals surface area contributed by atoms with E-state index in [0.717, 1.165) is 30.3 Å². The molecule has 0 aliphatic carbocycles. The lowest BCUT2D eigenvalue weighted by Gasteiger charge is -2.07. The summed E-state index contributed by atoms with van der Waals surface area (Å²) in [6, 6.07) is 5.08. The average molecular weight is 350 g/mol. The fraction of sp³-hybridized carbons (Fsp3) is 0. The molecule has 6 heteroatoms. The molecule has 0 atom stereocenters. The van der Waals surface area contributed by atoms with Crippen molar-refractivity contribution in [2.24, 2.45) is 0 Å². The zero-order valence-electron chi connectivity index (χ0n) is 9.18. The van der Waals surface area contributed by atoms with Crippen LogP contribution in [0.2, 0.25) is 5.02 Å². The van der Waals surface area contributed by atoms with Gasteiger partial charge in [0, 0.05) is 5.56 Å². The molecule has 0 saturated carbocycles. The van der Waals surface area contributed by atoms with Gasteiger partial charge >= 0.3 is 0 Å². The minimum atomic E-state index is -1.02. The Hall–Kier alpha value is -1.33. The van der Waals surface area contributed by atoms with Crippen molar-refractivity contribution in [3.8, 4) is 0 Å². The van der Waals surface area contributed by atoms with Gasteiger partial charge in [-0.05, 0) is 46.3 Å². The Labute approximate surface area is 120 Å². The van der Waals surface area contributed by atoms with Gasteiger partial charge in [-0.15, -0.1) is 0 Å². The largest absolute Gasteiger partial charge is 0.288 e. The van der Waals surface area contributed by atoms with Crippen molar-refractivity contribution >= 4 is 33.3 Å². The van der Waals surface area contributed by atoms with Crippen LogP contribution in [0.4, 0.5) is 13.2 Å². The van der Waals surface area contributed by atoms with Crippen molar-refractivity contribution in [1.82, 2.24) is 0 Å². The summed E-state index contributed by atoms with van der Waals surface area (Å²) >= 11 is 8.57. The molecule has 19 heavy (non-hydrogen) atoms. The molecule has 0 spiro atoms. The molecule has 98 valence electrons. The van der Waals surface area contributed by atoms with E-state index in [0.29, 0.717) is 0 Å². The summed E-state index contributed by atoms with van der Waals surface area (Å²) in [5, 5.41) is -0.205. The van der Waals surface area contributed by atoms with Crippen LogP contribution in [0, 0.1) is 17.5 Å². The Morgan fingerprint density at radius 2 is 1.79 bits per heavy atom. The molecule has 0 unspecified atom stereocenters. The van der Waals surface area contributed by atoms with E-state index in [-0.39, 0.29) is 15.1 Å². The van der Waals surface area contributed by atoms with E-state index in [1.807, 2.05) is 0 Å². The minimum Gasteiger partial charge on any atom is -0.288 e. The van der Waals surface area contributed by atoms with Crippen LogP contribution in [0.5, 0.6) is 0 Å². The lowest BCUT2D eigenvalue weighted by Crippen LogP contribution is -2.09. The number of hydrogen-bond acceptors (Lipinski definition) is 1. The van der Waals surface area contributed by atoms with Gasteiger partial charge in [0.05, 0.1) is 15.1 Å². The number of hydrogen-bond donors (Lipinski definition) is 0. The second kappa shape index (κ2) is 5.35. The molecule has 0 radical (unpaired) electrons. The van der Waals surface area contributed by atoms with Crippen LogP contribution in [0.25, 0.3) is 0 Å². The normalized spacial score (nSPS) is 10.6. The van der Waals surface area contributed by atoms with Gasteiger partial charge in [-0.25, -0.2) is 13.2 Å². The number of carbonyl (C=O) groups is 1. The predicted molar refractivity (Wildman–Crippen MR) is 68.9 cm³/mol. The molecule has 0 saturated heterocycles. The van der Waals surface area contributed by atoms with E-state index in [4.69, 9.17) is 11.6 Å². The first-order valence-corrected chi connectivity index (χ1v) is 6.22. The average Bonchev–Trinajstić information content (AvgIpc) is 2.34. The van der Waals surface area contributed by atoms with E-state index in [9.17, 15) is 18.0 Å². The SMILES string of the molecule is O=C(c1ccc(F)cc1Cl)c1c(F)ccc(Br)c1F. The second-order valence-electron chi connectivity index (χ2n) is 3.67. The number of halogens is 5. The van der Waals surface area contributed by atoms with Crippen molar-refractivity contribution in [3.63, 3.8) is 0 Å². The van der Waals surface area contributed by atoms with E-state index < -0.39 is 28.8 Å². The monoisotopic (exact) mass is 348 g/mol. The summed E-state index contributed by atoms with van der Waals surface area (Å²) < 4.78 is 40.2. The van der Waals surface area contributed by atoms with E-state index in [2.05, 4.69) is 15.9 Å². The number of carbonyl (C=O) groups excluding carboxylic acids is 1. The first kappa shape index (κ1) is 14.1. The van der Waals surface area contributed by atoms with Crippen molar-refractivity contribution in [1.29, 1.82) is 0 Å². The van der Waals surface area contributed by atoms with Gasteiger partial charge in [-0.3, -0.25) is 4.79 Å². The molecule has 0 fully saturated rings.